The van der Waals surface area contributed by atoms with E-state index in [1.54, 1.807) is 0 Å². The molecule has 0 bridgehead atoms. The van der Waals surface area contributed by atoms with Crippen molar-refractivity contribution in [2.24, 2.45) is 4.99 Å². The van der Waals surface area contributed by atoms with Crippen molar-refractivity contribution in [3.63, 3.8) is 0 Å². The summed E-state index contributed by atoms with van der Waals surface area (Å²) in [5, 5.41) is 0.696. The van der Waals surface area contributed by atoms with Gasteiger partial charge in [0, 0.05) is 18.0 Å². The Labute approximate surface area is 97.7 Å². The van der Waals surface area contributed by atoms with Gasteiger partial charge in [0.25, 0.3) is 0 Å². The molecule has 4 heteroatoms. The summed E-state index contributed by atoms with van der Waals surface area (Å²) in [5.41, 5.74) is 1.69. The number of rotatable bonds is 1. The quantitative estimate of drug-likeness (QED) is 0.672. The summed E-state index contributed by atoms with van der Waals surface area (Å²) in [7, 11) is 0. The van der Waals surface area contributed by atoms with Gasteiger partial charge >= 0.3 is 0 Å². The third kappa shape index (κ3) is 1.90. The zero-order valence-electron chi connectivity index (χ0n) is 7.30. The van der Waals surface area contributed by atoms with E-state index >= 15 is 0 Å². The molecule has 0 aliphatic carbocycles. The van der Waals surface area contributed by atoms with Gasteiger partial charge in [0.15, 0.2) is 4.33 Å². The van der Waals surface area contributed by atoms with Crippen molar-refractivity contribution >= 4 is 40.5 Å². The number of nitrogens with zero attached hydrogens (tertiary/aromatic N) is 1. The Morgan fingerprint density at radius 3 is 2.29 bits per heavy atom. The second-order valence-corrected chi connectivity index (χ2v) is 5.11. The van der Waals surface area contributed by atoms with E-state index in [9.17, 15) is 0 Å². The van der Waals surface area contributed by atoms with Crippen LogP contribution in [0.1, 0.15) is 12.0 Å². The molecule has 0 saturated carbocycles. The highest BCUT2D eigenvalue weighted by atomic mass is 35.5. The molecule has 1 heterocycles. The number of hydrogen-bond donors (Lipinski definition) is 0. The smallest absolute Gasteiger partial charge is 0.161 e. The highest BCUT2D eigenvalue weighted by molar-refractivity contribution is 6.61. The molecule has 14 heavy (non-hydrogen) atoms. The van der Waals surface area contributed by atoms with E-state index in [-0.39, 0.29) is 0 Å². The summed E-state index contributed by atoms with van der Waals surface area (Å²) in [6, 6.07) is 7.38. The highest BCUT2D eigenvalue weighted by Crippen LogP contribution is 2.34. The minimum Gasteiger partial charge on any atom is -0.286 e. The normalized spacial score (nSPS) is 19.5. The first-order chi connectivity index (χ1) is 6.59. The maximum Gasteiger partial charge on any atom is 0.161 e. The molecule has 1 aromatic carbocycles. The lowest BCUT2D eigenvalue weighted by Gasteiger charge is -2.14. The lowest BCUT2D eigenvalue weighted by molar-refractivity contribution is 0.911. The lowest BCUT2D eigenvalue weighted by atomic mass is 10.1. The monoisotopic (exact) mass is 247 g/mol. The van der Waals surface area contributed by atoms with Gasteiger partial charge in [-0.15, -0.1) is 0 Å². The van der Waals surface area contributed by atoms with E-state index in [1.807, 2.05) is 24.3 Å². The third-order valence-corrected chi connectivity index (χ3v) is 3.15. The van der Waals surface area contributed by atoms with Crippen molar-refractivity contribution in [3.8, 4) is 0 Å². The van der Waals surface area contributed by atoms with Crippen LogP contribution >= 0.6 is 34.8 Å². The molecule has 0 fully saturated rings. The number of aliphatic imine (C=N–C) groups is 1. The molecular formula is C10H8Cl3N. The van der Waals surface area contributed by atoms with Crippen molar-refractivity contribution in [2.45, 2.75) is 10.8 Å². The number of halogens is 3. The Kier molecular flexibility index (Phi) is 2.74. The van der Waals surface area contributed by atoms with E-state index in [0.717, 1.165) is 11.3 Å². The molecular weight excluding hydrogens is 240 g/mol. The van der Waals surface area contributed by atoms with Gasteiger partial charge in [-0.1, -0.05) is 46.9 Å². The van der Waals surface area contributed by atoms with Gasteiger partial charge in [0.2, 0.25) is 0 Å². The van der Waals surface area contributed by atoms with Crippen LogP contribution < -0.4 is 0 Å². The Bertz CT molecular complexity index is 367. The third-order valence-electron chi connectivity index (χ3n) is 2.16. The van der Waals surface area contributed by atoms with Gasteiger partial charge < -0.3 is 0 Å². The average molecular weight is 249 g/mol. The van der Waals surface area contributed by atoms with Crippen LogP contribution in [0.15, 0.2) is 29.3 Å². The van der Waals surface area contributed by atoms with Crippen LogP contribution in [0.5, 0.6) is 0 Å². The van der Waals surface area contributed by atoms with Crippen LogP contribution in [-0.2, 0) is 0 Å². The van der Waals surface area contributed by atoms with Gasteiger partial charge in [0.05, 0.1) is 5.71 Å². The molecule has 0 spiro atoms. The summed E-state index contributed by atoms with van der Waals surface area (Å²) in [5.74, 6) is 0. The summed E-state index contributed by atoms with van der Waals surface area (Å²) in [6.45, 7) is 0.685. The van der Waals surface area contributed by atoms with E-state index < -0.39 is 4.33 Å². The van der Waals surface area contributed by atoms with Crippen LogP contribution in [0.2, 0.25) is 5.02 Å². The van der Waals surface area contributed by atoms with Crippen LogP contribution in [0.4, 0.5) is 0 Å². The fourth-order valence-electron chi connectivity index (χ4n) is 1.45. The molecule has 0 aromatic heterocycles. The molecule has 0 amide bonds. The first kappa shape index (κ1) is 10.3. The van der Waals surface area contributed by atoms with Gasteiger partial charge in [-0.2, -0.15) is 0 Å². The fraction of sp³-hybridized carbons (Fsp3) is 0.300. The maximum absolute atomic E-state index is 6.11. The first-order valence-corrected chi connectivity index (χ1v) is 5.42. The van der Waals surface area contributed by atoms with Gasteiger partial charge in [0.1, 0.15) is 0 Å². The Morgan fingerprint density at radius 2 is 1.79 bits per heavy atom. The van der Waals surface area contributed by atoms with E-state index in [1.165, 1.54) is 0 Å². The zero-order valence-corrected chi connectivity index (χ0v) is 9.57. The zero-order chi connectivity index (χ0) is 10.2. The first-order valence-electron chi connectivity index (χ1n) is 4.28. The molecule has 0 unspecified atom stereocenters. The molecule has 0 radical (unpaired) electrons. The average Bonchev–Trinajstić information content (AvgIpc) is 2.47. The van der Waals surface area contributed by atoms with Crippen molar-refractivity contribution in [2.75, 3.05) is 6.54 Å². The van der Waals surface area contributed by atoms with E-state index in [0.29, 0.717) is 18.0 Å². The van der Waals surface area contributed by atoms with Crippen LogP contribution in [0.3, 0.4) is 0 Å². The minimum absolute atomic E-state index is 0.675. The van der Waals surface area contributed by atoms with Crippen LogP contribution in [0, 0.1) is 0 Å². The molecule has 0 atom stereocenters. The SMILES string of the molecule is Clc1ccc(C2=NCCC2(Cl)Cl)cc1. The molecule has 1 aliphatic heterocycles. The highest BCUT2D eigenvalue weighted by Gasteiger charge is 2.35. The molecule has 0 saturated heterocycles. The van der Waals surface area contributed by atoms with Crippen molar-refractivity contribution < 1.29 is 0 Å². The molecule has 1 nitrogen and oxygen atoms in total. The Morgan fingerprint density at radius 1 is 1.14 bits per heavy atom. The van der Waals surface area contributed by atoms with Crippen LogP contribution in [0.25, 0.3) is 0 Å². The van der Waals surface area contributed by atoms with Crippen molar-refractivity contribution in [1.82, 2.24) is 0 Å². The number of hydrogen-bond acceptors (Lipinski definition) is 1. The fourth-order valence-corrected chi connectivity index (χ4v) is 2.09. The molecule has 2 rings (SSSR count). The predicted molar refractivity (Wildman–Crippen MR) is 61.9 cm³/mol. The molecule has 74 valence electrons. The number of benzene rings is 1. The van der Waals surface area contributed by atoms with Crippen molar-refractivity contribution in [1.29, 1.82) is 0 Å². The molecule has 1 aromatic rings. The second kappa shape index (κ2) is 3.73. The largest absolute Gasteiger partial charge is 0.286 e. The van der Waals surface area contributed by atoms with Gasteiger partial charge in [-0.25, -0.2) is 0 Å². The predicted octanol–water partition coefficient (Wildman–Crippen LogP) is 3.71. The summed E-state index contributed by atoms with van der Waals surface area (Å²) < 4.78 is -0.839. The summed E-state index contributed by atoms with van der Waals surface area (Å²) >= 11 is 18.0. The molecule has 1 aliphatic rings. The molecule has 0 N–H and O–H groups in total. The van der Waals surface area contributed by atoms with Gasteiger partial charge in [-0.3, -0.25) is 4.99 Å². The van der Waals surface area contributed by atoms with Gasteiger partial charge in [-0.05, 0) is 17.7 Å². The Balaban J connectivity index is 2.36. The standard InChI is InChI=1S/C10H8Cl3N/c11-8-3-1-7(2-4-8)9-10(12,13)5-6-14-9/h1-4H,5-6H2. The lowest BCUT2D eigenvalue weighted by Crippen LogP contribution is -2.22. The summed E-state index contributed by atoms with van der Waals surface area (Å²) in [6.07, 6.45) is 0.675. The van der Waals surface area contributed by atoms with E-state index in [4.69, 9.17) is 34.8 Å². The number of alkyl halides is 2. The maximum atomic E-state index is 6.11. The van der Waals surface area contributed by atoms with Crippen LogP contribution in [-0.4, -0.2) is 16.6 Å². The minimum atomic E-state index is -0.839. The summed E-state index contributed by atoms with van der Waals surface area (Å²) in [4.78, 5) is 4.30. The second-order valence-electron chi connectivity index (χ2n) is 3.19. The van der Waals surface area contributed by atoms with E-state index in [2.05, 4.69) is 4.99 Å². The topological polar surface area (TPSA) is 12.4 Å². The van der Waals surface area contributed by atoms with Crippen molar-refractivity contribution in [3.05, 3.63) is 34.9 Å². The Hall–Kier alpha value is -0.240.